The predicted octanol–water partition coefficient (Wildman–Crippen LogP) is 1.73. The van der Waals surface area contributed by atoms with Crippen molar-refractivity contribution in [2.75, 3.05) is 18.0 Å². The first-order valence-corrected chi connectivity index (χ1v) is 6.58. The molecule has 0 fully saturated rings. The van der Waals surface area contributed by atoms with Crippen molar-refractivity contribution in [1.82, 2.24) is 10.2 Å². The van der Waals surface area contributed by atoms with Gasteiger partial charge in [0.1, 0.15) is 5.01 Å². The Balaban J connectivity index is 1.90. The number of aromatic nitrogens is 2. The molecule has 0 atom stereocenters. The molecule has 2 aromatic rings. The van der Waals surface area contributed by atoms with Crippen molar-refractivity contribution in [2.45, 2.75) is 12.8 Å². The summed E-state index contributed by atoms with van der Waals surface area (Å²) < 4.78 is 0. The summed E-state index contributed by atoms with van der Waals surface area (Å²) in [5.74, 6) is 0. The molecule has 0 radical (unpaired) electrons. The highest BCUT2D eigenvalue weighted by Crippen LogP contribution is 2.35. The monoisotopic (exact) mass is 246 g/mol. The second-order valence-corrected chi connectivity index (χ2v) is 5.09. The third-order valence-corrected chi connectivity index (χ3v) is 3.94. The maximum Gasteiger partial charge on any atom is 0.212 e. The van der Waals surface area contributed by atoms with E-state index in [1.165, 1.54) is 11.3 Å². The molecule has 4 nitrogen and oxygen atoms in total. The number of para-hydroxylation sites is 1. The van der Waals surface area contributed by atoms with Crippen LogP contribution in [0.25, 0.3) is 0 Å². The Kier molecular flexibility index (Phi) is 2.78. The van der Waals surface area contributed by atoms with Gasteiger partial charge in [-0.15, -0.1) is 10.2 Å². The second-order valence-electron chi connectivity index (χ2n) is 4.05. The van der Waals surface area contributed by atoms with Gasteiger partial charge in [-0.3, -0.25) is 0 Å². The van der Waals surface area contributed by atoms with Crippen LogP contribution in [0.4, 0.5) is 10.8 Å². The first-order chi connectivity index (χ1) is 8.38. The third-order valence-electron chi connectivity index (χ3n) is 2.93. The summed E-state index contributed by atoms with van der Waals surface area (Å²) in [5, 5.41) is 10.4. The average Bonchev–Trinajstić information content (AvgIpc) is 2.95. The minimum atomic E-state index is 0.630. The number of fused-ring (bicyclic) bond motifs is 1. The fourth-order valence-electron chi connectivity index (χ4n) is 2.12. The maximum absolute atomic E-state index is 5.53. The lowest BCUT2D eigenvalue weighted by molar-refractivity contribution is 0.900. The average molecular weight is 246 g/mol. The van der Waals surface area contributed by atoms with Crippen LogP contribution in [0.2, 0.25) is 0 Å². The quantitative estimate of drug-likeness (QED) is 0.896. The van der Waals surface area contributed by atoms with Gasteiger partial charge in [-0.1, -0.05) is 29.5 Å². The molecule has 0 bridgehead atoms. The molecule has 1 aliphatic heterocycles. The van der Waals surface area contributed by atoms with Gasteiger partial charge < -0.3 is 10.6 Å². The SMILES string of the molecule is NCCc1nnc(N2CCc3ccccc32)s1. The molecule has 1 aromatic heterocycles. The van der Waals surface area contributed by atoms with Gasteiger partial charge in [0.05, 0.1) is 0 Å². The van der Waals surface area contributed by atoms with E-state index >= 15 is 0 Å². The number of nitrogens with two attached hydrogens (primary N) is 1. The van der Waals surface area contributed by atoms with Crippen LogP contribution in [0.1, 0.15) is 10.6 Å². The van der Waals surface area contributed by atoms with Crippen molar-refractivity contribution in [2.24, 2.45) is 5.73 Å². The molecule has 0 unspecified atom stereocenters. The Morgan fingerprint density at radius 2 is 2.18 bits per heavy atom. The topological polar surface area (TPSA) is 55.0 Å². The minimum absolute atomic E-state index is 0.630. The molecule has 3 rings (SSSR count). The van der Waals surface area contributed by atoms with E-state index in [2.05, 4.69) is 39.4 Å². The van der Waals surface area contributed by atoms with Gasteiger partial charge in [-0.05, 0) is 24.6 Å². The maximum atomic E-state index is 5.53. The number of hydrogen-bond acceptors (Lipinski definition) is 5. The largest absolute Gasteiger partial charge is 0.330 e. The van der Waals surface area contributed by atoms with Crippen LogP contribution in [-0.4, -0.2) is 23.3 Å². The van der Waals surface area contributed by atoms with E-state index in [1.807, 2.05) is 0 Å². The zero-order chi connectivity index (χ0) is 11.7. The van der Waals surface area contributed by atoms with Crippen molar-refractivity contribution in [1.29, 1.82) is 0 Å². The number of hydrogen-bond donors (Lipinski definition) is 1. The van der Waals surface area contributed by atoms with Gasteiger partial charge in [-0.2, -0.15) is 0 Å². The smallest absolute Gasteiger partial charge is 0.212 e. The van der Waals surface area contributed by atoms with Crippen LogP contribution in [0.3, 0.4) is 0 Å². The summed E-state index contributed by atoms with van der Waals surface area (Å²) in [5.41, 5.74) is 8.18. The third kappa shape index (κ3) is 1.92. The lowest BCUT2D eigenvalue weighted by atomic mass is 10.2. The highest BCUT2D eigenvalue weighted by Gasteiger charge is 2.22. The molecule has 2 N–H and O–H groups in total. The van der Waals surface area contributed by atoms with E-state index in [4.69, 9.17) is 5.73 Å². The Morgan fingerprint density at radius 1 is 1.29 bits per heavy atom. The number of benzene rings is 1. The summed E-state index contributed by atoms with van der Waals surface area (Å²) in [7, 11) is 0. The molecule has 0 aliphatic carbocycles. The molecule has 0 saturated heterocycles. The van der Waals surface area contributed by atoms with Gasteiger partial charge in [0.2, 0.25) is 5.13 Å². The number of nitrogens with zero attached hydrogens (tertiary/aromatic N) is 3. The molecule has 0 amide bonds. The van der Waals surface area contributed by atoms with Gasteiger partial charge in [0, 0.05) is 18.7 Å². The molecule has 5 heteroatoms. The summed E-state index contributed by atoms with van der Waals surface area (Å²) in [4.78, 5) is 2.24. The highest BCUT2D eigenvalue weighted by molar-refractivity contribution is 7.15. The highest BCUT2D eigenvalue weighted by atomic mass is 32.1. The first kappa shape index (κ1) is 10.7. The predicted molar refractivity (Wildman–Crippen MR) is 69.8 cm³/mol. The Morgan fingerprint density at radius 3 is 3.06 bits per heavy atom. The summed E-state index contributed by atoms with van der Waals surface area (Å²) in [6, 6.07) is 8.48. The zero-order valence-corrected chi connectivity index (χ0v) is 10.3. The van der Waals surface area contributed by atoms with Crippen LogP contribution in [-0.2, 0) is 12.8 Å². The lowest BCUT2D eigenvalue weighted by Crippen LogP contribution is -2.12. The van der Waals surface area contributed by atoms with E-state index in [9.17, 15) is 0 Å². The minimum Gasteiger partial charge on any atom is -0.330 e. The summed E-state index contributed by atoms with van der Waals surface area (Å²) in [6.45, 7) is 1.63. The van der Waals surface area contributed by atoms with Crippen molar-refractivity contribution >= 4 is 22.2 Å². The summed E-state index contributed by atoms with van der Waals surface area (Å²) >= 11 is 1.64. The second kappa shape index (κ2) is 4.43. The van der Waals surface area contributed by atoms with Crippen LogP contribution in [0.5, 0.6) is 0 Å². The van der Waals surface area contributed by atoms with Crippen molar-refractivity contribution in [3.05, 3.63) is 34.8 Å². The Hall–Kier alpha value is -1.46. The molecule has 2 heterocycles. The van der Waals surface area contributed by atoms with Gasteiger partial charge in [0.25, 0.3) is 0 Å². The van der Waals surface area contributed by atoms with Crippen molar-refractivity contribution < 1.29 is 0 Å². The van der Waals surface area contributed by atoms with Crippen LogP contribution in [0, 0.1) is 0 Å². The molecule has 17 heavy (non-hydrogen) atoms. The molecule has 1 aromatic carbocycles. The standard InChI is InChI=1S/C12H14N4S/c13-7-5-11-14-15-12(17-11)16-8-6-9-3-1-2-4-10(9)16/h1-4H,5-8,13H2. The summed E-state index contributed by atoms with van der Waals surface area (Å²) in [6.07, 6.45) is 1.90. The van der Waals surface area contributed by atoms with E-state index in [1.54, 1.807) is 11.3 Å². The van der Waals surface area contributed by atoms with Crippen molar-refractivity contribution in [3.8, 4) is 0 Å². The fraction of sp³-hybridized carbons (Fsp3) is 0.333. The van der Waals surface area contributed by atoms with Crippen LogP contribution in [0.15, 0.2) is 24.3 Å². The first-order valence-electron chi connectivity index (χ1n) is 5.76. The molecular formula is C12H14N4S. The Bertz CT molecular complexity index is 523. The van der Waals surface area contributed by atoms with Gasteiger partial charge in [-0.25, -0.2) is 0 Å². The van der Waals surface area contributed by atoms with E-state index in [0.29, 0.717) is 6.54 Å². The zero-order valence-electron chi connectivity index (χ0n) is 9.47. The number of rotatable bonds is 3. The van der Waals surface area contributed by atoms with Gasteiger partial charge in [0.15, 0.2) is 0 Å². The van der Waals surface area contributed by atoms with Gasteiger partial charge >= 0.3 is 0 Å². The van der Waals surface area contributed by atoms with E-state index in [-0.39, 0.29) is 0 Å². The van der Waals surface area contributed by atoms with E-state index in [0.717, 1.165) is 29.5 Å². The van der Waals surface area contributed by atoms with Crippen molar-refractivity contribution in [3.63, 3.8) is 0 Å². The van der Waals surface area contributed by atoms with Crippen LogP contribution >= 0.6 is 11.3 Å². The molecule has 88 valence electrons. The number of anilines is 2. The molecule has 0 saturated carbocycles. The molecule has 1 aliphatic rings. The molecular weight excluding hydrogens is 232 g/mol. The lowest BCUT2D eigenvalue weighted by Gasteiger charge is -2.14. The fourth-order valence-corrected chi connectivity index (χ4v) is 3.01. The molecule has 0 spiro atoms. The van der Waals surface area contributed by atoms with Crippen LogP contribution < -0.4 is 10.6 Å². The normalized spacial score (nSPS) is 14.1. The van der Waals surface area contributed by atoms with E-state index < -0.39 is 0 Å². The Labute approximate surface area is 104 Å².